The monoisotopic (exact) mass is 1150 g/mol. The van der Waals surface area contributed by atoms with Crippen LogP contribution in [0, 0.1) is 0 Å². The van der Waals surface area contributed by atoms with E-state index in [1.807, 2.05) is 0 Å². The second-order valence-corrected chi connectivity index (χ2v) is 24.8. The molecule has 0 aliphatic carbocycles. The van der Waals surface area contributed by atoms with E-state index < -0.39 is 6.10 Å². The van der Waals surface area contributed by atoms with Crippen molar-refractivity contribution in [2.45, 2.75) is 406 Å². The third kappa shape index (κ3) is 68.2. The van der Waals surface area contributed by atoms with Gasteiger partial charge in [0.15, 0.2) is 6.10 Å². The van der Waals surface area contributed by atoms with Crippen LogP contribution in [0.5, 0.6) is 0 Å². The summed E-state index contributed by atoms with van der Waals surface area (Å²) in [6.07, 6.45) is 90.0. The lowest BCUT2D eigenvalue weighted by atomic mass is 10.0. The Balaban J connectivity index is 4.25. The van der Waals surface area contributed by atoms with Crippen molar-refractivity contribution in [3.05, 3.63) is 48.6 Å². The standard InChI is InChI=1S/C76H140O6/c1-4-7-10-13-16-19-22-25-28-30-32-34-36-37-38-39-41-42-44-46-48-51-54-57-60-63-66-69-75(78)81-72-73(71-80-74(77)68-65-62-59-56-53-50-27-24-21-18-15-12-9-6-3)82-76(79)70-67-64-61-58-55-52-49-47-45-43-40-35-33-31-29-26-23-20-17-14-11-8-5-2/h22,24-25,27,30-33,73H,4-21,23,26,28-29,34-72H2,1-3H3/b25-22-,27-24-,32-30-,33-31-. The molecule has 6 heteroatoms. The van der Waals surface area contributed by atoms with E-state index in [1.165, 1.54) is 289 Å². The van der Waals surface area contributed by atoms with Crippen molar-refractivity contribution in [3.8, 4) is 0 Å². The topological polar surface area (TPSA) is 78.9 Å². The van der Waals surface area contributed by atoms with E-state index in [-0.39, 0.29) is 31.1 Å². The van der Waals surface area contributed by atoms with Gasteiger partial charge in [-0.25, -0.2) is 0 Å². The second kappa shape index (κ2) is 70.9. The lowest BCUT2D eigenvalue weighted by molar-refractivity contribution is -0.167. The highest BCUT2D eigenvalue weighted by Crippen LogP contribution is 2.18. The van der Waals surface area contributed by atoms with Crippen molar-refractivity contribution in [3.63, 3.8) is 0 Å². The third-order valence-corrected chi connectivity index (χ3v) is 16.5. The van der Waals surface area contributed by atoms with Crippen LogP contribution in [0.2, 0.25) is 0 Å². The minimum Gasteiger partial charge on any atom is -0.462 e. The maximum absolute atomic E-state index is 13.0. The van der Waals surface area contributed by atoms with E-state index in [9.17, 15) is 14.4 Å². The Bertz CT molecular complexity index is 1410. The average molecular weight is 1150 g/mol. The fourth-order valence-electron chi connectivity index (χ4n) is 11.0. The third-order valence-electron chi connectivity index (χ3n) is 16.5. The molecule has 1 unspecified atom stereocenters. The molecule has 0 fully saturated rings. The second-order valence-electron chi connectivity index (χ2n) is 24.8. The smallest absolute Gasteiger partial charge is 0.306 e. The molecular weight excluding hydrogens is 1010 g/mol. The minimum atomic E-state index is -0.777. The molecule has 0 spiro atoms. The molecule has 0 amide bonds. The summed E-state index contributed by atoms with van der Waals surface area (Å²) in [5.41, 5.74) is 0. The molecule has 1 atom stereocenters. The van der Waals surface area contributed by atoms with Crippen LogP contribution in [0.25, 0.3) is 0 Å². The van der Waals surface area contributed by atoms with E-state index in [2.05, 4.69) is 69.4 Å². The van der Waals surface area contributed by atoms with E-state index in [0.29, 0.717) is 19.3 Å². The predicted octanol–water partition coefficient (Wildman–Crippen LogP) is 25.3. The number of carbonyl (C=O) groups excluding carboxylic acids is 3. The Morgan fingerprint density at radius 3 is 0.683 bits per heavy atom. The van der Waals surface area contributed by atoms with Crippen LogP contribution in [0.15, 0.2) is 48.6 Å². The van der Waals surface area contributed by atoms with Gasteiger partial charge >= 0.3 is 17.9 Å². The SMILES string of the molecule is CCCCCCC/C=C\C/C=C\CCCCCCCCCCCCCCCCCC(=O)OCC(COC(=O)CCCCCCC/C=C\CCCCCCC)OC(=O)CCCCCCCCCCCCC/C=C\CCCCCCCCCC. The maximum atomic E-state index is 13.0. The summed E-state index contributed by atoms with van der Waals surface area (Å²) >= 11 is 0. The lowest BCUT2D eigenvalue weighted by Gasteiger charge is -2.18. The highest BCUT2D eigenvalue weighted by molar-refractivity contribution is 5.71. The molecule has 0 aromatic rings. The molecule has 0 radical (unpaired) electrons. The molecular formula is C76H140O6. The molecule has 480 valence electrons. The largest absolute Gasteiger partial charge is 0.462 e. The highest BCUT2D eigenvalue weighted by atomic mass is 16.6. The summed E-state index contributed by atoms with van der Waals surface area (Å²) in [5.74, 6) is -0.855. The first-order valence-electron chi connectivity index (χ1n) is 36.6. The number of rotatable bonds is 68. The molecule has 0 saturated carbocycles. The van der Waals surface area contributed by atoms with Gasteiger partial charge in [0.2, 0.25) is 0 Å². The Morgan fingerprint density at radius 2 is 0.439 bits per heavy atom. The van der Waals surface area contributed by atoms with Crippen molar-refractivity contribution in [2.24, 2.45) is 0 Å². The van der Waals surface area contributed by atoms with Gasteiger partial charge in [0.1, 0.15) is 13.2 Å². The van der Waals surface area contributed by atoms with Gasteiger partial charge in [-0.05, 0) is 103 Å². The van der Waals surface area contributed by atoms with Crippen LogP contribution in [0.1, 0.15) is 400 Å². The first kappa shape index (κ1) is 79.4. The molecule has 0 aliphatic heterocycles. The Kier molecular flexibility index (Phi) is 68.6. The highest BCUT2D eigenvalue weighted by Gasteiger charge is 2.19. The van der Waals surface area contributed by atoms with E-state index >= 15 is 0 Å². The molecule has 82 heavy (non-hydrogen) atoms. The van der Waals surface area contributed by atoms with Gasteiger partial charge in [-0.3, -0.25) is 14.4 Å². The van der Waals surface area contributed by atoms with Gasteiger partial charge in [0.05, 0.1) is 0 Å². The van der Waals surface area contributed by atoms with E-state index in [1.54, 1.807) is 0 Å². The summed E-state index contributed by atoms with van der Waals surface area (Å²) in [7, 11) is 0. The minimum absolute atomic E-state index is 0.0722. The van der Waals surface area contributed by atoms with Gasteiger partial charge in [-0.15, -0.1) is 0 Å². The first-order valence-corrected chi connectivity index (χ1v) is 36.6. The van der Waals surface area contributed by atoms with Crippen LogP contribution in [0.3, 0.4) is 0 Å². The van der Waals surface area contributed by atoms with Gasteiger partial charge < -0.3 is 14.2 Å². The van der Waals surface area contributed by atoms with Crippen molar-refractivity contribution in [1.82, 2.24) is 0 Å². The summed E-state index contributed by atoms with van der Waals surface area (Å²) in [6, 6.07) is 0. The van der Waals surface area contributed by atoms with Gasteiger partial charge in [0, 0.05) is 19.3 Å². The molecule has 0 rings (SSSR count). The molecule has 0 bridgehead atoms. The number of carbonyl (C=O) groups is 3. The number of esters is 3. The first-order chi connectivity index (χ1) is 40.5. The van der Waals surface area contributed by atoms with Crippen LogP contribution in [0.4, 0.5) is 0 Å². The van der Waals surface area contributed by atoms with Crippen molar-refractivity contribution in [1.29, 1.82) is 0 Å². The fraction of sp³-hybridized carbons (Fsp3) is 0.855. The number of hydrogen-bond donors (Lipinski definition) is 0. The number of hydrogen-bond acceptors (Lipinski definition) is 6. The zero-order valence-electron chi connectivity index (χ0n) is 55.3. The molecule has 0 aromatic carbocycles. The van der Waals surface area contributed by atoms with Crippen LogP contribution in [-0.4, -0.2) is 37.2 Å². The van der Waals surface area contributed by atoms with Crippen LogP contribution in [-0.2, 0) is 28.6 Å². The fourth-order valence-corrected chi connectivity index (χ4v) is 11.0. The summed E-state index contributed by atoms with van der Waals surface area (Å²) in [6.45, 7) is 6.68. The molecule has 0 aliphatic rings. The predicted molar refractivity (Wildman–Crippen MR) is 358 cm³/mol. The molecule has 6 nitrogen and oxygen atoms in total. The van der Waals surface area contributed by atoms with Crippen molar-refractivity contribution < 1.29 is 28.6 Å². The zero-order chi connectivity index (χ0) is 59.2. The molecule has 0 saturated heterocycles. The van der Waals surface area contributed by atoms with Crippen LogP contribution >= 0.6 is 0 Å². The quantitative estimate of drug-likeness (QED) is 0.0261. The van der Waals surface area contributed by atoms with Crippen LogP contribution < -0.4 is 0 Å². The van der Waals surface area contributed by atoms with E-state index in [4.69, 9.17) is 14.2 Å². The Morgan fingerprint density at radius 1 is 0.244 bits per heavy atom. The number of ether oxygens (including phenoxy) is 3. The van der Waals surface area contributed by atoms with Gasteiger partial charge in [-0.1, -0.05) is 326 Å². The molecule has 0 heterocycles. The normalized spacial score (nSPS) is 12.3. The maximum Gasteiger partial charge on any atom is 0.306 e. The lowest BCUT2D eigenvalue weighted by Crippen LogP contribution is -2.30. The average Bonchev–Trinajstić information content (AvgIpc) is 3.48. The Hall–Kier alpha value is -2.63. The molecule has 0 aromatic heterocycles. The summed E-state index contributed by atoms with van der Waals surface area (Å²) in [4.78, 5) is 38.5. The van der Waals surface area contributed by atoms with E-state index in [0.717, 1.165) is 70.6 Å². The summed E-state index contributed by atoms with van der Waals surface area (Å²) in [5, 5.41) is 0. The zero-order valence-corrected chi connectivity index (χ0v) is 55.3. The van der Waals surface area contributed by atoms with Crippen molar-refractivity contribution >= 4 is 17.9 Å². The van der Waals surface area contributed by atoms with Gasteiger partial charge in [0.25, 0.3) is 0 Å². The Labute approximate surface area is 511 Å². The van der Waals surface area contributed by atoms with Crippen molar-refractivity contribution in [2.75, 3.05) is 13.2 Å². The summed E-state index contributed by atoms with van der Waals surface area (Å²) < 4.78 is 17.0. The number of unbranched alkanes of at least 4 members (excludes halogenated alkanes) is 49. The number of allylic oxidation sites excluding steroid dienone is 8. The van der Waals surface area contributed by atoms with Gasteiger partial charge in [-0.2, -0.15) is 0 Å². The molecule has 0 N–H and O–H groups in total.